The van der Waals surface area contributed by atoms with Gasteiger partial charge < -0.3 is 9.47 Å². The molecule has 0 aliphatic heterocycles. The molecule has 10 heavy (non-hydrogen) atoms. The van der Waals surface area contributed by atoms with Gasteiger partial charge in [0.1, 0.15) is 6.61 Å². The van der Waals surface area contributed by atoms with E-state index in [0.717, 1.165) is 0 Å². The molecule has 0 unspecified atom stereocenters. The van der Waals surface area contributed by atoms with Crippen LogP contribution in [0.5, 0.6) is 5.88 Å². The lowest BCUT2D eigenvalue weighted by atomic mass is 10.7. The minimum absolute atomic E-state index is 0.554. The Balaban J connectivity index is 2.15. The smallest absolute Gasteiger partial charge is 0.209 e. The van der Waals surface area contributed by atoms with Crippen LogP contribution in [0.15, 0.2) is 12.3 Å². The van der Waals surface area contributed by atoms with E-state index in [9.17, 15) is 0 Å². The Morgan fingerprint density at radius 2 is 2.50 bits per heavy atom. The summed E-state index contributed by atoms with van der Waals surface area (Å²) in [6.45, 7) is 1.15. The van der Waals surface area contributed by atoms with E-state index in [1.54, 1.807) is 19.4 Å². The highest BCUT2D eigenvalue weighted by Gasteiger charge is 1.90. The molecule has 0 spiro atoms. The number of ether oxygens (including phenoxy) is 2. The SMILES string of the molecule is COCCOc1ccn[nH]1. The van der Waals surface area contributed by atoms with Crippen molar-refractivity contribution in [1.82, 2.24) is 10.2 Å². The minimum Gasteiger partial charge on any atom is -0.476 e. The molecular weight excluding hydrogens is 132 g/mol. The Labute approximate surface area is 59.2 Å². The number of aromatic amines is 1. The molecule has 0 bridgehead atoms. The van der Waals surface area contributed by atoms with Crippen LogP contribution in [0.2, 0.25) is 0 Å². The molecule has 0 aliphatic carbocycles. The second kappa shape index (κ2) is 3.90. The molecule has 0 aromatic carbocycles. The average molecular weight is 142 g/mol. The van der Waals surface area contributed by atoms with Crippen LogP contribution >= 0.6 is 0 Å². The van der Waals surface area contributed by atoms with Gasteiger partial charge in [0.2, 0.25) is 5.88 Å². The van der Waals surface area contributed by atoms with E-state index in [-0.39, 0.29) is 0 Å². The molecule has 56 valence electrons. The second-order valence-corrected chi connectivity index (χ2v) is 1.76. The highest BCUT2D eigenvalue weighted by atomic mass is 16.5. The van der Waals surface area contributed by atoms with Crippen LogP contribution in [0.1, 0.15) is 0 Å². The maximum atomic E-state index is 5.14. The molecule has 1 rings (SSSR count). The Kier molecular flexibility index (Phi) is 2.76. The first-order valence-electron chi connectivity index (χ1n) is 3.04. The number of hydrogen-bond acceptors (Lipinski definition) is 3. The van der Waals surface area contributed by atoms with Gasteiger partial charge in [-0.3, -0.25) is 0 Å². The maximum absolute atomic E-state index is 5.14. The minimum atomic E-state index is 0.554. The van der Waals surface area contributed by atoms with E-state index in [1.807, 2.05) is 0 Å². The number of nitrogens with zero attached hydrogens (tertiary/aromatic N) is 1. The lowest BCUT2D eigenvalue weighted by Crippen LogP contribution is -2.04. The Morgan fingerprint density at radius 3 is 3.10 bits per heavy atom. The van der Waals surface area contributed by atoms with Crippen LogP contribution in [0.3, 0.4) is 0 Å². The highest BCUT2D eigenvalue weighted by molar-refractivity contribution is 5.03. The van der Waals surface area contributed by atoms with E-state index >= 15 is 0 Å². The van der Waals surface area contributed by atoms with Gasteiger partial charge in [-0.15, -0.1) is 0 Å². The molecule has 0 aliphatic rings. The third-order valence-electron chi connectivity index (χ3n) is 1.02. The van der Waals surface area contributed by atoms with Crippen molar-refractivity contribution in [3.8, 4) is 5.88 Å². The van der Waals surface area contributed by atoms with Gasteiger partial charge >= 0.3 is 0 Å². The van der Waals surface area contributed by atoms with E-state index < -0.39 is 0 Å². The van der Waals surface area contributed by atoms with Crippen molar-refractivity contribution in [3.05, 3.63) is 12.3 Å². The lowest BCUT2D eigenvalue weighted by molar-refractivity contribution is 0.143. The number of aromatic nitrogens is 2. The summed E-state index contributed by atoms with van der Waals surface area (Å²) < 4.78 is 9.92. The monoisotopic (exact) mass is 142 g/mol. The van der Waals surface area contributed by atoms with E-state index in [4.69, 9.17) is 9.47 Å². The molecule has 4 heteroatoms. The molecule has 1 heterocycles. The fourth-order valence-corrected chi connectivity index (χ4v) is 0.558. The van der Waals surface area contributed by atoms with Gasteiger partial charge in [-0.25, -0.2) is 5.10 Å². The van der Waals surface area contributed by atoms with Crippen molar-refractivity contribution in [2.24, 2.45) is 0 Å². The topological polar surface area (TPSA) is 47.1 Å². The van der Waals surface area contributed by atoms with Crippen molar-refractivity contribution in [1.29, 1.82) is 0 Å². The van der Waals surface area contributed by atoms with Gasteiger partial charge in [-0.05, 0) is 0 Å². The molecule has 0 atom stereocenters. The molecule has 4 nitrogen and oxygen atoms in total. The predicted octanol–water partition coefficient (Wildman–Crippen LogP) is 0.435. The third-order valence-corrected chi connectivity index (χ3v) is 1.02. The maximum Gasteiger partial charge on any atom is 0.209 e. The first kappa shape index (κ1) is 7.08. The zero-order chi connectivity index (χ0) is 7.23. The molecule has 1 aromatic heterocycles. The van der Waals surface area contributed by atoms with Gasteiger partial charge in [0.05, 0.1) is 12.8 Å². The first-order valence-corrected chi connectivity index (χ1v) is 3.04. The Bertz CT molecular complexity index is 162. The largest absolute Gasteiger partial charge is 0.476 e. The van der Waals surface area contributed by atoms with E-state index in [2.05, 4.69) is 10.2 Å². The zero-order valence-corrected chi connectivity index (χ0v) is 5.83. The van der Waals surface area contributed by atoms with Crippen molar-refractivity contribution in [3.63, 3.8) is 0 Å². The van der Waals surface area contributed by atoms with Crippen molar-refractivity contribution in [2.45, 2.75) is 0 Å². The van der Waals surface area contributed by atoms with Gasteiger partial charge in [0, 0.05) is 13.2 Å². The van der Waals surface area contributed by atoms with Crippen molar-refractivity contribution in [2.75, 3.05) is 20.3 Å². The summed E-state index contributed by atoms with van der Waals surface area (Å²) in [4.78, 5) is 0. The van der Waals surface area contributed by atoms with Crippen LogP contribution in [0, 0.1) is 0 Å². The summed E-state index contributed by atoms with van der Waals surface area (Å²) in [5.41, 5.74) is 0. The lowest BCUT2D eigenvalue weighted by Gasteiger charge is -1.99. The summed E-state index contributed by atoms with van der Waals surface area (Å²) in [6.07, 6.45) is 1.64. The molecule has 0 saturated heterocycles. The number of H-pyrrole nitrogens is 1. The zero-order valence-electron chi connectivity index (χ0n) is 5.83. The molecule has 0 saturated carbocycles. The van der Waals surface area contributed by atoms with Crippen LogP contribution < -0.4 is 4.74 Å². The summed E-state index contributed by atoms with van der Waals surface area (Å²) in [5, 5.41) is 6.38. The van der Waals surface area contributed by atoms with E-state index in [1.165, 1.54) is 0 Å². The first-order chi connectivity index (χ1) is 4.93. The van der Waals surface area contributed by atoms with Gasteiger partial charge in [-0.1, -0.05) is 0 Å². The number of nitrogens with one attached hydrogen (secondary N) is 1. The second-order valence-electron chi connectivity index (χ2n) is 1.76. The normalized spacial score (nSPS) is 9.70. The summed E-state index contributed by atoms with van der Waals surface area (Å²) in [6, 6.07) is 1.76. The average Bonchev–Trinajstić information content (AvgIpc) is 2.41. The van der Waals surface area contributed by atoms with Crippen LogP contribution in [0.4, 0.5) is 0 Å². The van der Waals surface area contributed by atoms with Crippen LogP contribution in [-0.4, -0.2) is 30.5 Å². The number of hydrogen-bond donors (Lipinski definition) is 1. The summed E-state index contributed by atoms with van der Waals surface area (Å²) in [7, 11) is 1.64. The van der Waals surface area contributed by atoms with Gasteiger partial charge in [-0.2, -0.15) is 5.10 Å². The fourth-order valence-electron chi connectivity index (χ4n) is 0.558. The van der Waals surface area contributed by atoms with Gasteiger partial charge in [0.25, 0.3) is 0 Å². The highest BCUT2D eigenvalue weighted by Crippen LogP contribution is 2.00. The number of methoxy groups -OCH3 is 1. The molecule has 0 radical (unpaired) electrons. The third kappa shape index (κ3) is 2.06. The molecule has 1 N–H and O–H groups in total. The van der Waals surface area contributed by atoms with Crippen molar-refractivity contribution >= 4 is 0 Å². The summed E-state index contributed by atoms with van der Waals surface area (Å²) >= 11 is 0. The molecular formula is C6H10N2O2. The van der Waals surface area contributed by atoms with E-state index in [0.29, 0.717) is 19.1 Å². The Morgan fingerprint density at radius 1 is 1.60 bits per heavy atom. The van der Waals surface area contributed by atoms with Crippen molar-refractivity contribution < 1.29 is 9.47 Å². The van der Waals surface area contributed by atoms with Crippen LogP contribution in [-0.2, 0) is 4.74 Å². The number of rotatable bonds is 4. The predicted molar refractivity (Wildman–Crippen MR) is 36.0 cm³/mol. The Hall–Kier alpha value is -1.03. The molecule has 0 fully saturated rings. The van der Waals surface area contributed by atoms with Crippen LogP contribution in [0.25, 0.3) is 0 Å². The quantitative estimate of drug-likeness (QED) is 0.620. The molecule has 1 aromatic rings. The molecule has 0 amide bonds. The standard InChI is InChI=1S/C6H10N2O2/c1-9-4-5-10-6-2-3-7-8-6/h2-3H,4-5H2,1H3,(H,7,8). The summed E-state index contributed by atoms with van der Waals surface area (Å²) in [5.74, 6) is 0.678. The van der Waals surface area contributed by atoms with Gasteiger partial charge in [0.15, 0.2) is 0 Å². The fraction of sp³-hybridized carbons (Fsp3) is 0.500.